The van der Waals surface area contributed by atoms with Crippen molar-refractivity contribution in [2.45, 2.75) is 13.8 Å². The SMILES string of the molecule is Cc1[nH]c2cc3ccsc3cc2c1C. The molecule has 0 fully saturated rings. The normalized spacial score (nSPS) is 11.6. The number of aromatic amines is 1. The van der Waals surface area contributed by atoms with Gasteiger partial charge in [-0.25, -0.2) is 0 Å². The Kier molecular flexibility index (Phi) is 1.50. The molecule has 0 aliphatic heterocycles. The molecule has 0 radical (unpaired) electrons. The fourth-order valence-electron chi connectivity index (χ4n) is 1.92. The van der Waals surface area contributed by atoms with Crippen molar-refractivity contribution >= 4 is 32.3 Å². The van der Waals surface area contributed by atoms with Gasteiger partial charge in [0.2, 0.25) is 0 Å². The molecule has 0 unspecified atom stereocenters. The summed E-state index contributed by atoms with van der Waals surface area (Å²) in [5.74, 6) is 0. The minimum absolute atomic E-state index is 1.26. The second-order valence-electron chi connectivity index (χ2n) is 3.73. The van der Waals surface area contributed by atoms with Crippen molar-refractivity contribution in [2.24, 2.45) is 0 Å². The highest BCUT2D eigenvalue weighted by Gasteiger charge is 2.05. The lowest BCUT2D eigenvalue weighted by molar-refractivity contribution is 1.25. The molecule has 1 N–H and O–H groups in total. The smallest absolute Gasteiger partial charge is 0.0465 e. The topological polar surface area (TPSA) is 15.8 Å². The van der Waals surface area contributed by atoms with Gasteiger partial charge in [-0.2, -0.15) is 0 Å². The Balaban J connectivity index is 2.56. The van der Waals surface area contributed by atoms with Crippen LogP contribution in [0.1, 0.15) is 11.3 Å². The quantitative estimate of drug-likeness (QED) is 0.566. The van der Waals surface area contributed by atoms with E-state index in [2.05, 4.69) is 42.4 Å². The molecule has 0 spiro atoms. The minimum atomic E-state index is 1.26. The first-order chi connectivity index (χ1) is 6.75. The first kappa shape index (κ1) is 8.06. The van der Waals surface area contributed by atoms with Gasteiger partial charge >= 0.3 is 0 Å². The van der Waals surface area contributed by atoms with E-state index in [4.69, 9.17) is 0 Å². The molecule has 0 aliphatic carbocycles. The fraction of sp³-hybridized carbons (Fsp3) is 0.167. The maximum absolute atomic E-state index is 3.41. The van der Waals surface area contributed by atoms with Crippen LogP contribution in [-0.4, -0.2) is 4.98 Å². The van der Waals surface area contributed by atoms with Crippen molar-refractivity contribution in [2.75, 3.05) is 0 Å². The summed E-state index contributed by atoms with van der Waals surface area (Å²) in [5.41, 5.74) is 3.90. The monoisotopic (exact) mass is 201 g/mol. The van der Waals surface area contributed by atoms with Gasteiger partial charge in [-0.05, 0) is 48.4 Å². The van der Waals surface area contributed by atoms with E-state index in [1.165, 1.54) is 32.2 Å². The molecule has 0 atom stereocenters. The summed E-state index contributed by atoms with van der Waals surface area (Å²) in [6, 6.07) is 6.69. The number of benzene rings is 1. The number of aryl methyl sites for hydroxylation is 2. The van der Waals surface area contributed by atoms with Gasteiger partial charge in [-0.15, -0.1) is 11.3 Å². The number of hydrogen-bond donors (Lipinski definition) is 1. The Morgan fingerprint density at radius 3 is 2.93 bits per heavy atom. The average Bonchev–Trinajstić information content (AvgIpc) is 2.70. The van der Waals surface area contributed by atoms with E-state index in [9.17, 15) is 0 Å². The number of hydrogen-bond acceptors (Lipinski definition) is 1. The van der Waals surface area contributed by atoms with Crippen LogP contribution in [0.4, 0.5) is 0 Å². The van der Waals surface area contributed by atoms with Crippen LogP contribution < -0.4 is 0 Å². The van der Waals surface area contributed by atoms with Crippen molar-refractivity contribution < 1.29 is 0 Å². The molecular formula is C12H11NS. The molecule has 14 heavy (non-hydrogen) atoms. The highest BCUT2D eigenvalue weighted by atomic mass is 32.1. The van der Waals surface area contributed by atoms with Crippen molar-refractivity contribution in [3.05, 3.63) is 34.8 Å². The highest BCUT2D eigenvalue weighted by Crippen LogP contribution is 2.29. The molecule has 0 saturated heterocycles. The van der Waals surface area contributed by atoms with Crippen molar-refractivity contribution in [3.8, 4) is 0 Å². The van der Waals surface area contributed by atoms with Crippen LogP contribution in [0.5, 0.6) is 0 Å². The van der Waals surface area contributed by atoms with E-state index in [1.807, 2.05) is 0 Å². The predicted octanol–water partition coefficient (Wildman–Crippen LogP) is 4.00. The van der Waals surface area contributed by atoms with E-state index < -0.39 is 0 Å². The molecule has 1 aromatic carbocycles. The van der Waals surface area contributed by atoms with Crippen LogP contribution in [0, 0.1) is 13.8 Å². The Labute approximate surface area is 86.4 Å². The molecule has 3 aromatic rings. The Bertz CT molecular complexity index is 616. The summed E-state index contributed by atoms with van der Waals surface area (Å²) in [7, 11) is 0. The maximum atomic E-state index is 3.41. The van der Waals surface area contributed by atoms with E-state index in [0.717, 1.165) is 0 Å². The lowest BCUT2D eigenvalue weighted by Crippen LogP contribution is -1.70. The zero-order valence-electron chi connectivity index (χ0n) is 8.22. The molecule has 2 heterocycles. The Morgan fingerprint density at radius 2 is 2.07 bits per heavy atom. The summed E-state index contributed by atoms with van der Waals surface area (Å²) in [5, 5.41) is 4.84. The number of aromatic nitrogens is 1. The maximum Gasteiger partial charge on any atom is 0.0465 e. The minimum Gasteiger partial charge on any atom is -0.358 e. The first-order valence-electron chi connectivity index (χ1n) is 4.72. The summed E-state index contributed by atoms with van der Waals surface area (Å²) in [6.07, 6.45) is 0. The second-order valence-corrected chi connectivity index (χ2v) is 4.68. The molecule has 2 aromatic heterocycles. The van der Waals surface area contributed by atoms with Crippen LogP contribution in [-0.2, 0) is 0 Å². The molecule has 3 rings (SSSR count). The summed E-state index contributed by atoms with van der Waals surface area (Å²) in [6.45, 7) is 4.30. The van der Waals surface area contributed by atoms with E-state index >= 15 is 0 Å². The summed E-state index contributed by atoms with van der Waals surface area (Å²) >= 11 is 1.81. The number of nitrogens with one attached hydrogen (secondary N) is 1. The van der Waals surface area contributed by atoms with Crippen molar-refractivity contribution in [3.63, 3.8) is 0 Å². The van der Waals surface area contributed by atoms with Crippen molar-refractivity contribution in [1.82, 2.24) is 4.98 Å². The third kappa shape index (κ3) is 0.946. The van der Waals surface area contributed by atoms with Crippen LogP contribution in [0.25, 0.3) is 21.0 Å². The van der Waals surface area contributed by atoms with Gasteiger partial charge in [0.15, 0.2) is 0 Å². The number of fused-ring (bicyclic) bond motifs is 2. The van der Waals surface area contributed by atoms with E-state index in [1.54, 1.807) is 11.3 Å². The molecule has 0 saturated carbocycles. The first-order valence-corrected chi connectivity index (χ1v) is 5.60. The zero-order valence-corrected chi connectivity index (χ0v) is 9.03. The molecule has 2 heteroatoms. The van der Waals surface area contributed by atoms with Gasteiger partial charge in [-0.1, -0.05) is 0 Å². The van der Waals surface area contributed by atoms with Gasteiger partial charge in [0.05, 0.1) is 0 Å². The summed E-state index contributed by atoms with van der Waals surface area (Å²) in [4.78, 5) is 3.41. The predicted molar refractivity (Wildman–Crippen MR) is 63.2 cm³/mol. The Hall–Kier alpha value is -1.28. The molecule has 0 amide bonds. The lowest BCUT2D eigenvalue weighted by Gasteiger charge is -1.92. The fourth-order valence-corrected chi connectivity index (χ4v) is 2.73. The molecule has 0 aliphatic rings. The van der Waals surface area contributed by atoms with Gasteiger partial charge in [0.1, 0.15) is 0 Å². The van der Waals surface area contributed by atoms with Crippen molar-refractivity contribution in [1.29, 1.82) is 0 Å². The average molecular weight is 201 g/mol. The summed E-state index contributed by atoms with van der Waals surface area (Å²) < 4.78 is 1.37. The largest absolute Gasteiger partial charge is 0.358 e. The number of rotatable bonds is 0. The van der Waals surface area contributed by atoms with Crippen LogP contribution >= 0.6 is 11.3 Å². The number of thiophene rings is 1. The van der Waals surface area contributed by atoms with E-state index in [-0.39, 0.29) is 0 Å². The van der Waals surface area contributed by atoms with Crippen LogP contribution in [0.2, 0.25) is 0 Å². The lowest BCUT2D eigenvalue weighted by atomic mass is 10.1. The van der Waals surface area contributed by atoms with Gasteiger partial charge in [-0.3, -0.25) is 0 Å². The molecular weight excluding hydrogens is 190 g/mol. The van der Waals surface area contributed by atoms with Gasteiger partial charge in [0, 0.05) is 21.3 Å². The molecule has 70 valence electrons. The Morgan fingerprint density at radius 1 is 1.21 bits per heavy atom. The van der Waals surface area contributed by atoms with Gasteiger partial charge in [0.25, 0.3) is 0 Å². The van der Waals surface area contributed by atoms with E-state index in [0.29, 0.717) is 0 Å². The zero-order chi connectivity index (χ0) is 9.71. The molecule has 0 bridgehead atoms. The molecule has 1 nitrogen and oxygen atoms in total. The number of H-pyrrole nitrogens is 1. The standard InChI is InChI=1S/C12H11NS/c1-7-8(2)13-11-5-9-3-4-14-12(9)6-10(7)11/h3-6,13H,1-2H3. The third-order valence-corrected chi connectivity index (χ3v) is 3.76. The van der Waals surface area contributed by atoms with Crippen LogP contribution in [0.15, 0.2) is 23.6 Å². The van der Waals surface area contributed by atoms with Gasteiger partial charge < -0.3 is 4.98 Å². The third-order valence-electron chi connectivity index (χ3n) is 2.88. The second kappa shape index (κ2) is 2.61. The van der Waals surface area contributed by atoms with Crippen LogP contribution in [0.3, 0.4) is 0 Å². The highest BCUT2D eigenvalue weighted by molar-refractivity contribution is 7.17.